The van der Waals surface area contributed by atoms with E-state index in [-0.39, 0.29) is 30.4 Å². The van der Waals surface area contributed by atoms with E-state index in [9.17, 15) is 14.4 Å². The van der Waals surface area contributed by atoms with Crippen molar-refractivity contribution < 1.29 is 23.9 Å². The van der Waals surface area contributed by atoms with Crippen LogP contribution >= 0.6 is 0 Å². The molecule has 9 heteroatoms. The Hall–Kier alpha value is -3.75. The van der Waals surface area contributed by atoms with Gasteiger partial charge in [0.05, 0.1) is 5.56 Å². The topological polar surface area (TPSA) is 91.4 Å². The third-order valence-electron chi connectivity index (χ3n) is 7.81. The van der Waals surface area contributed by atoms with Crippen LogP contribution in [-0.4, -0.2) is 73.6 Å². The number of rotatable bonds is 7. The van der Waals surface area contributed by atoms with Crippen molar-refractivity contribution in [2.24, 2.45) is 5.92 Å². The highest BCUT2D eigenvalue weighted by Gasteiger charge is 2.31. The Bertz CT molecular complexity index is 1200. The molecule has 0 unspecified atom stereocenters. The molecule has 38 heavy (non-hydrogen) atoms. The van der Waals surface area contributed by atoms with Gasteiger partial charge in [0.2, 0.25) is 12.7 Å². The maximum Gasteiger partial charge on any atom is 0.256 e. The zero-order valence-corrected chi connectivity index (χ0v) is 22.2. The Morgan fingerprint density at radius 3 is 2.34 bits per heavy atom. The van der Waals surface area contributed by atoms with Crippen LogP contribution in [0.5, 0.6) is 11.5 Å². The molecule has 1 saturated carbocycles. The summed E-state index contributed by atoms with van der Waals surface area (Å²) in [5, 5.41) is 2.93. The molecule has 0 bridgehead atoms. The molecular weight excluding hydrogens is 484 g/mol. The van der Waals surface area contributed by atoms with Gasteiger partial charge in [0.1, 0.15) is 0 Å². The van der Waals surface area contributed by atoms with Gasteiger partial charge in [-0.05, 0) is 63.1 Å². The fourth-order valence-corrected chi connectivity index (χ4v) is 5.58. The Morgan fingerprint density at radius 2 is 1.63 bits per heavy atom. The minimum Gasteiger partial charge on any atom is -0.454 e. The molecule has 1 N–H and O–H groups in total. The first-order valence-corrected chi connectivity index (χ1v) is 13.7. The first kappa shape index (κ1) is 25.9. The first-order chi connectivity index (χ1) is 18.5. The first-order valence-electron chi connectivity index (χ1n) is 13.7. The fourth-order valence-electron chi connectivity index (χ4n) is 5.58. The van der Waals surface area contributed by atoms with Crippen molar-refractivity contribution in [1.29, 1.82) is 0 Å². The molecule has 5 rings (SSSR count). The maximum absolute atomic E-state index is 13.5. The van der Waals surface area contributed by atoms with Gasteiger partial charge in [-0.25, -0.2) is 0 Å². The summed E-state index contributed by atoms with van der Waals surface area (Å²) in [5.41, 5.74) is 2.36. The highest BCUT2D eigenvalue weighted by molar-refractivity contribution is 6.06. The van der Waals surface area contributed by atoms with Crippen LogP contribution in [0.25, 0.3) is 0 Å². The minimum atomic E-state index is -0.295. The monoisotopic (exact) mass is 520 g/mol. The Labute approximate surface area is 223 Å². The van der Waals surface area contributed by atoms with E-state index in [2.05, 4.69) is 10.2 Å². The van der Waals surface area contributed by atoms with E-state index >= 15 is 0 Å². The number of nitrogens with one attached hydrogen (secondary N) is 1. The summed E-state index contributed by atoms with van der Waals surface area (Å²) in [6.45, 7) is 7.87. The number of piperazine rings is 1. The SMILES string of the molecule is CCN(CC)C(=O)c1cc(NC(=O)c2ccc3c(c2)OCO3)ccc1N1CCN(C(=O)C2CCCC2)CC1. The number of hydrogen-bond donors (Lipinski definition) is 1. The molecule has 2 aliphatic heterocycles. The molecule has 2 heterocycles. The molecule has 9 nitrogen and oxygen atoms in total. The van der Waals surface area contributed by atoms with Crippen molar-refractivity contribution >= 4 is 29.1 Å². The van der Waals surface area contributed by atoms with Crippen molar-refractivity contribution in [3.05, 3.63) is 47.5 Å². The third kappa shape index (κ3) is 5.28. The van der Waals surface area contributed by atoms with Crippen LogP contribution in [-0.2, 0) is 4.79 Å². The van der Waals surface area contributed by atoms with Crippen LogP contribution < -0.4 is 19.7 Å². The molecule has 202 valence electrons. The summed E-state index contributed by atoms with van der Waals surface area (Å²) < 4.78 is 10.7. The van der Waals surface area contributed by atoms with Crippen molar-refractivity contribution in [2.75, 3.05) is 56.3 Å². The average molecular weight is 521 g/mol. The van der Waals surface area contributed by atoms with E-state index in [1.165, 1.54) is 0 Å². The highest BCUT2D eigenvalue weighted by atomic mass is 16.7. The largest absolute Gasteiger partial charge is 0.454 e. The van der Waals surface area contributed by atoms with E-state index in [0.29, 0.717) is 67.6 Å². The smallest absolute Gasteiger partial charge is 0.256 e. The third-order valence-corrected chi connectivity index (χ3v) is 7.81. The summed E-state index contributed by atoms with van der Waals surface area (Å²) in [6, 6.07) is 10.5. The van der Waals surface area contributed by atoms with Gasteiger partial charge >= 0.3 is 0 Å². The van der Waals surface area contributed by atoms with Crippen LogP contribution in [0.3, 0.4) is 0 Å². The summed E-state index contributed by atoms with van der Waals surface area (Å²) in [7, 11) is 0. The van der Waals surface area contributed by atoms with Crippen LogP contribution in [0.4, 0.5) is 11.4 Å². The van der Waals surface area contributed by atoms with Gasteiger partial charge in [-0.1, -0.05) is 12.8 Å². The van der Waals surface area contributed by atoms with Crippen molar-refractivity contribution in [3.63, 3.8) is 0 Å². The zero-order valence-electron chi connectivity index (χ0n) is 22.2. The second kappa shape index (κ2) is 11.3. The van der Waals surface area contributed by atoms with Crippen LogP contribution in [0.2, 0.25) is 0 Å². The van der Waals surface area contributed by atoms with Gasteiger partial charge in [-0.3, -0.25) is 14.4 Å². The van der Waals surface area contributed by atoms with E-state index < -0.39 is 0 Å². The summed E-state index contributed by atoms with van der Waals surface area (Å²) in [4.78, 5) is 45.4. The Morgan fingerprint density at radius 1 is 0.921 bits per heavy atom. The molecule has 3 aliphatic rings. The standard InChI is InChI=1S/C29H36N4O5/c1-3-31(4-2)29(36)23-18-22(30-27(34)21-9-12-25-26(17-21)38-19-37-25)10-11-24(23)32-13-15-33(16-14-32)28(35)20-7-5-6-8-20/h9-12,17-18,20H,3-8,13-16,19H2,1-2H3,(H,30,34). The van der Waals surface area contributed by atoms with Crippen LogP contribution in [0.15, 0.2) is 36.4 Å². The Kier molecular flexibility index (Phi) is 7.72. The van der Waals surface area contributed by atoms with Gasteiger partial charge < -0.3 is 29.5 Å². The molecular formula is C29H36N4O5. The van der Waals surface area contributed by atoms with E-state index in [1.807, 2.05) is 30.9 Å². The lowest BCUT2D eigenvalue weighted by Gasteiger charge is -2.38. The van der Waals surface area contributed by atoms with Gasteiger partial charge in [-0.15, -0.1) is 0 Å². The maximum atomic E-state index is 13.5. The molecule has 0 aromatic heterocycles. The van der Waals surface area contributed by atoms with Gasteiger partial charge in [0.15, 0.2) is 11.5 Å². The predicted octanol–water partition coefficient (Wildman–Crippen LogP) is 3.99. The summed E-state index contributed by atoms with van der Waals surface area (Å²) in [6.07, 6.45) is 4.29. The number of carbonyl (C=O) groups excluding carboxylic acids is 3. The molecule has 0 atom stereocenters. The molecule has 0 spiro atoms. The molecule has 2 aromatic carbocycles. The van der Waals surface area contributed by atoms with E-state index in [1.54, 1.807) is 29.2 Å². The normalized spacial score (nSPS) is 17.0. The number of ether oxygens (including phenoxy) is 2. The number of carbonyl (C=O) groups is 3. The Balaban J connectivity index is 1.34. The lowest BCUT2D eigenvalue weighted by molar-refractivity contribution is -0.135. The van der Waals surface area contributed by atoms with E-state index in [4.69, 9.17) is 9.47 Å². The fraction of sp³-hybridized carbons (Fsp3) is 0.483. The molecule has 3 amide bonds. The molecule has 2 aromatic rings. The molecule has 1 saturated heterocycles. The molecule has 0 radical (unpaired) electrons. The van der Waals surface area contributed by atoms with Gasteiger partial charge in [0, 0.05) is 62.1 Å². The van der Waals surface area contributed by atoms with E-state index in [0.717, 1.165) is 31.4 Å². The summed E-state index contributed by atoms with van der Waals surface area (Å²) in [5.74, 6) is 1.24. The second-order valence-corrected chi connectivity index (χ2v) is 10.0. The molecule has 2 fully saturated rings. The van der Waals surface area contributed by atoms with Crippen molar-refractivity contribution in [2.45, 2.75) is 39.5 Å². The van der Waals surface area contributed by atoms with Crippen molar-refractivity contribution in [1.82, 2.24) is 9.80 Å². The van der Waals surface area contributed by atoms with Crippen LogP contribution in [0.1, 0.15) is 60.2 Å². The second-order valence-electron chi connectivity index (χ2n) is 10.0. The molecule has 1 aliphatic carbocycles. The van der Waals surface area contributed by atoms with Crippen molar-refractivity contribution in [3.8, 4) is 11.5 Å². The predicted molar refractivity (Wildman–Crippen MR) is 145 cm³/mol. The number of nitrogens with zero attached hydrogens (tertiary/aromatic N) is 3. The van der Waals surface area contributed by atoms with Gasteiger partial charge in [-0.2, -0.15) is 0 Å². The highest BCUT2D eigenvalue weighted by Crippen LogP contribution is 2.33. The minimum absolute atomic E-state index is 0.0753. The number of anilines is 2. The number of fused-ring (bicyclic) bond motifs is 1. The van der Waals surface area contributed by atoms with Gasteiger partial charge in [0.25, 0.3) is 11.8 Å². The number of amides is 3. The number of benzene rings is 2. The lowest BCUT2D eigenvalue weighted by Crippen LogP contribution is -2.50. The number of hydrogen-bond acceptors (Lipinski definition) is 6. The van der Waals surface area contributed by atoms with Crippen LogP contribution in [0, 0.1) is 5.92 Å². The average Bonchev–Trinajstić information content (AvgIpc) is 3.65. The zero-order chi connectivity index (χ0) is 26.6. The quantitative estimate of drug-likeness (QED) is 0.594. The summed E-state index contributed by atoms with van der Waals surface area (Å²) >= 11 is 0. The lowest BCUT2D eigenvalue weighted by atomic mass is 10.1.